The van der Waals surface area contributed by atoms with Crippen LogP contribution in [0.3, 0.4) is 0 Å². The summed E-state index contributed by atoms with van der Waals surface area (Å²) in [7, 11) is 2.77. The van der Waals surface area contributed by atoms with Crippen molar-refractivity contribution in [3.8, 4) is 22.8 Å². The van der Waals surface area contributed by atoms with Crippen molar-refractivity contribution in [2.45, 2.75) is 13.0 Å². The van der Waals surface area contributed by atoms with E-state index in [2.05, 4.69) is 5.16 Å². The summed E-state index contributed by atoms with van der Waals surface area (Å²) in [5.41, 5.74) is 1.94. The molecular formula is C21H18ClN3O6. The summed E-state index contributed by atoms with van der Waals surface area (Å²) in [5, 5.41) is 16.3. The van der Waals surface area contributed by atoms with Crippen LogP contribution in [-0.4, -0.2) is 41.7 Å². The number of nitro groups is 1. The van der Waals surface area contributed by atoms with Crippen LogP contribution in [0.4, 0.5) is 5.69 Å². The minimum atomic E-state index is -0.612. The topological polar surface area (TPSA) is 108 Å². The van der Waals surface area contributed by atoms with E-state index in [1.165, 1.54) is 31.3 Å². The Bertz CT molecular complexity index is 1160. The number of aromatic nitrogens is 1. The minimum Gasteiger partial charge on any atom is -0.493 e. The fourth-order valence-corrected chi connectivity index (χ4v) is 3.72. The molecule has 0 atom stereocenters. The Kier molecular flexibility index (Phi) is 5.51. The van der Waals surface area contributed by atoms with Crippen molar-refractivity contribution in [2.75, 3.05) is 20.8 Å². The van der Waals surface area contributed by atoms with Gasteiger partial charge in [-0.05, 0) is 30.7 Å². The number of carbonyl (C=O) groups is 1. The molecule has 0 aliphatic carbocycles. The molecule has 160 valence electrons. The van der Waals surface area contributed by atoms with Crippen LogP contribution >= 0.6 is 11.6 Å². The number of amides is 1. The number of benzene rings is 2. The van der Waals surface area contributed by atoms with Gasteiger partial charge in [0.25, 0.3) is 11.6 Å². The monoisotopic (exact) mass is 443 g/mol. The summed E-state index contributed by atoms with van der Waals surface area (Å²) in [4.78, 5) is 25.6. The fourth-order valence-electron chi connectivity index (χ4n) is 3.59. The van der Waals surface area contributed by atoms with Crippen LogP contribution < -0.4 is 9.47 Å². The van der Waals surface area contributed by atoms with Crippen LogP contribution in [-0.2, 0) is 13.0 Å². The van der Waals surface area contributed by atoms with E-state index in [-0.39, 0.29) is 29.3 Å². The van der Waals surface area contributed by atoms with Crippen LogP contribution in [0.5, 0.6) is 11.5 Å². The first-order valence-electron chi connectivity index (χ1n) is 9.36. The van der Waals surface area contributed by atoms with E-state index in [1.807, 2.05) is 12.1 Å². The Labute approximate surface area is 182 Å². The number of rotatable bonds is 5. The van der Waals surface area contributed by atoms with Gasteiger partial charge in [-0.1, -0.05) is 16.8 Å². The highest BCUT2D eigenvalue weighted by Crippen LogP contribution is 2.36. The van der Waals surface area contributed by atoms with Crippen LogP contribution in [0, 0.1) is 10.1 Å². The zero-order valence-electron chi connectivity index (χ0n) is 16.8. The molecule has 0 N–H and O–H groups in total. The SMILES string of the molecule is COc1cc(C(=O)N2CCc3c(noc3-c3ccc(Cl)cc3)C2)c([N+](=O)[O-])cc1OC. The number of halogens is 1. The smallest absolute Gasteiger partial charge is 0.286 e. The summed E-state index contributed by atoms with van der Waals surface area (Å²) in [6.07, 6.45) is 0.504. The number of carbonyl (C=O) groups excluding carboxylic acids is 1. The van der Waals surface area contributed by atoms with Crippen molar-refractivity contribution >= 4 is 23.2 Å². The van der Waals surface area contributed by atoms with Gasteiger partial charge >= 0.3 is 0 Å². The molecule has 0 saturated carbocycles. The molecule has 1 aliphatic heterocycles. The van der Waals surface area contributed by atoms with Crippen molar-refractivity contribution < 1.29 is 23.7 Å². The molecular weight excluding hydrogens is 426 g/mol. The van der Waals surface area contributed by atoms with Gasteiger partial charge in [0.2, 0.25) is 0 Å². The van der Waals surface area contributed by atoms with Gasteiger partial charge < -0.3 is 18.9 Å². The van der Waals surface area contributed by atoms with E-state index in [4.69, 9.17) is 25.6 Å². The molecule has 1 amide bonds. The number of methoxy groups -OCH3 is 2. The summed E-state index contributed by atoms with van der Waals surface area (Å²) in [6, 6.07) is 9.73. The summed E-state index contributed by atoms with van der Waals surface area (Å²) < 4.78 is 15.9. The average Bonchev–Trinajstić information content (AvgIpc) is 3.21. The molecule has 0 fully saturated rings. The van der Waals surface area contributed by atoms with E-state index >= 15 is 0 Å². The molecule has 31 heavy (non-hydrogen) atoms. The molecule has 2 heterocycles. The predicted molar refractivity (Wildman–Crippen MR) is 112 cm³/mol. The zero-order chi connectivity index (χ0) is 22.1. The third kappa shape index (κ3) is 3.79. The lowest BCUT2D eigenvalue weighted by Gasteiger charge is -2.26. The Morgan fingerprint density at radius 2 is 1.87 bits per heavy atom. The van der Waals surface area contributed by atoms with Crippen LogP contribution in [0.2, 0.25) is 5.02 Å². The van der Waals surface area contributed by atoms with Crippen molar-refractivity contribution in [2.24, 2.45) is 0 Å². The van der Waals surface area contributed by atoms with Gasteiger partial charge in [0.1, 0.15) is 11.3 Å². The molecule has 0 spiro atoms. The van der Waals surface area contributed by atoms with Gasteiger partial charge in [0.15, 0.2) is 17.3 Å². The molecule has 3 aromatic rings. The van der Waals surface area contributed by atoms with Crippen molar-refractivity contribution in [1.29, 1.82) is 0 Å². The fraction of sp³-hybridized carbons (Fsp3) is 0.238. The van der Waals surface area contributed by atoms with Crippen molar-refractivity contribution in [3.05, 3.63) is 68.4 Å². The van der Waals surface area contributed by atoms with Crippen LogP contribution in [0.1, 0.15) is 21.6 Å². The molecule has 1 aromatic heterocycles. The summed E-state index contributed by atoms with van der Waals surface area (Å²) in [5.74, 6) is 0.557. The first-order chi connectivity index (χ1) is 14.9. The molecule has 1 aliphatic rings. The molecule has 9 nitrogen and oxygen atoms in total. The van der Waals surface area contributed by atoms with Gasteiger partial charge in [0.05, 0.1) is 31.8 Å². The third-order valence-electron chi connectivity index (χ3n) is 5.16. The molecule has 2 aromatic carbocycles. The number of nitro benzene ring substituents is 1. The predicted octanol–water partition coefficient (Wildman–Crippen LogP) is 4.12. The second-order valence-corrected chi connectivity index (χ2v) is 7.34. The molecule has 0 radical (unpaired) electrons. The summed E-state index contributed by atoms with van der Waals surface area (Å²) in [6.45, 7) is 0.538. The van der Waals surface area contributed by atoms with Crippen molar-refractivity contribution in [3.63, 3.8) is 0 Å². The first kappa shape index (κ1) is 20.7. The van der Waals surface area contributed by atoms with Gasteiger partial charge in [-0.3, -0.25) is 14.9 Å². The van der Waals surface area contributed by atoms with Gasteiger partial charge in [0, 0.05) is 28.8 Å². The van der Waals surface area contributed by atoms with Gasteiger partial charge in [-0.15, -0.1) is 0 Å². The molecule has 0 bridgehead atoms. The normalized spacial score (nSPS) is 12.9. The average molecular weight is 444 g/mol. The maximum Gasteiger partial charge on any atom is 0.286 e. The maximum atomic E-state index is 13.2. The third-order valence-corrected chi connectivity index (χ3v) is 5.42. The lowest BCUT2D eigenvalue weighted by Crippen LogP contribution is -2.36. The van der Waals surface area contributed by atoms with E-state index in [1.54, 1.807) is 12.1 Å². The largest absolute Gasteiger partial charge is 0.493 e. The Morgan fingerprint density at radius 3 is 2.52 bits per heavy atom. The molecule has 10 heteroatoms. The highest BCUT2D eigenvalue weighted by molar-refractivity contribution is 6.30. The van der Waals surface area contributed by atoms with Crippen LogP contribution in [0.15, 0.2) is 40.9 Å². The molecule has 4 rings (SSSR count). The molecule has 0 unspecified atom stereocenters. The van der Waals surface area contributed by atoms with Gasteiger partial charge in [-0.2, -0.15) is 0 Å². The minimum absolute atomic E-state index is 0.0764. The van der Waals surface area contributed by atoms with E-state index in [0.717, 1.165) is 11.1 Å². The zero-order valence-corrected chi connectivity index (χ0v) is 17.5. The lowest BCUT2D eigenvalue weighted by atomic mass is 10.00. The van der Waals surface area contributed by atoms with E-state index in [9.17, 15) is 14.9 Å². The Balaban J connectivity index is 1.64. The number of nitrogens with zero attached hydrogens (tertiary/aromatic N) is 3. The van der Waals surface area contributed by atoms with Gasteiger partial charge in [-0.25, -0.2) is 0 Å². The maximum absolute atomic E-state index is 13.2. The highest BCUT2D eigenvalue weighted by Gasteiger charge is 2.32. The van der Waals surface area contributed by atoms with E-state index < -0.39 is 10.8 Å². The standard InChI is InChI=1S/C21H18ClN3O6/c1-29-18-9-15(17(25(27)28)10-19(18)30-2)21(26)24-8-7-14-16(11-24)23-31-20(14)12-3-5-13(22)6-4-12/h3-6,9-10H,7-8,11H2,1-2H3. The second kappa shape index (κ2) is 8.27. The number of hydrogen-bond donors (Lipinski definition) is 0. The number of fused-ring (bicyclic) bond motifs is 1. The highest BCUT2D eigenvalue weighted by atomic mass is 35.5. The first-order valence-corrected chi connectivity index (χ1v) is 9.73. The van der Waals surface area contributed by atoms with Crippen LogP contribution in [0.25, 0.3) is 11.3 Å². The second-order valence-electron chi connectivity index (χ2n) is 6.90. The van der Waals surface area contributed by atoms with E-state index in [0.29, 0.717) is 29.4 Å². The summed E-state index contributed by atoms with van der Waals surface area (Å²) >= 11 is 5.95. The number of ether oxygens (including phenoxy) is 2. The van der Waals surface area contributed by atoms with Crippen molar-refractivity contribution in [1.82, 2.24) is 10.1 Å². The molecule has 0 saturated heterocycles. The Hall–Kier alpha value is -3.59. The Morgan fingerprint density at radius 1 is 1.19 bits per heavy atom. The lowest BCUT2D eigenvalue weighted by molar-refractivity contribution is -0.385. The number of hydrogen-bond acceptors (Lipinski definition) is 7. The quantitative estimate of drug-likeness (QED) is 0.431.